The van der Waals surface area contributed by atoms with Crippen molar-refractivity contribution in [2.24, 2.45) is 9.98 Å². The van der Waals surface area contributed by atoms with E-state index in [-0.39, 0.29) is 0 Å². The zero-order chi connectivity index (χ0) is 16.2. The second-order valence-corrected chi connectivity index (χ2v) is 7.44. The summed E-state index contributed by atoms with van der Waals surface area (Å²) in [6.45, 7) is 2.81. The molecule has 2 aromatic carbocycles. The van der Waals surface area contributed by atoms with Crippen LogP contribution in [0.3, 0.4) is 0 Å². The lowest BCUT2D eigenvalue weighted by Gasteiger charge is -2.11. The molecule has 0 unspecified atom stereocenters. The van der Waals surface area contributed by atoms with Gasteiger partial charge in [0.05, 0.1) is 24.2 Å². The van der Waals surface area contributed by atoms with Gasteiger partial charge >= 0.3 is 0 Å². The SMILES string of the molecule is c1ccc(C2=NCCO2)c(SSc2ccccc2C2=NCCO2)c1. The molecule has 2 aromatic rings. The van der Waals surface area contributed by atoms with Crippen molar-refractivity contribution in [1.82, 2.24) is 0 Å². The summed E-state index contributed by atoms with van der Waals surface area (Å²) in [5.41, 5.74) is 2.11. The Balaban J connectivity index is 1.56. The van der Waals surface area contributed by atoms with Crippen LogP contribution in [0.1, 0.15) is 11.1 Å². The first-order valence-electron chi connectivity index (χ1n) is 7.79. The Bertz CT molecular complexity index is 738. The number of rotatable bonds is 5. The van der Waals surface area contributed by atoms with E-state index in [1.165, 1.54) is 0 Å². The normalized spacial score (nSPS) is 16.3. The summed E-state index contributed by atoms with van der Waals surface area (Å²) in [5.74, 6) is 1.49. The van der Waals surface area contributed by atoms with Crippen LogP contribution in [-0.2, 0) is 9.47 Å². The van der Waals surface area contributed by atoms with Crippen molar-refractivity contribution < 1.29 is 9.47 Å². The Hall–Kier alpha value is -1.92. The zero-order valence-corrected chi connectivity index (χ0v) is 14.6. The van der Waals surface area contributed by atoms with Crippen molar-refractivity contribution in [3.05, 3.63) is 59.7 Å². The lowest BCUT2D eigenvalue weighted by Crippen LogP contribution is -2.03. The van der Waals surface area contributed by atoms with E-state index >= 15 is 0 Å². The number of hydrogen-bond donors (Lipinski definition) is 0. The maximum Gasteiger partial charge on any atom is 0.217 e. The van der Waals surface area contributed by atoms with Gasteiger partial charge in [0.15, 0.2) is 0 Å². The summed E-state index contributed by atoms with van der Waals surface area (Å²) in [5, 5.41) is 0. The molecule has 6 heteroatoms. The summed E-state index contributed by atoms with van der Waals surface area (Å²) in [6, 6.07) is 16.4. The van der Waals surface area contributed by atoms with Gasteiger partial charge in [-0.15, -0.1) is 0 Å². The highest BCUT2D eigenvalue weighted by Gasteiger charge is 2.17. The van der Waals surface area contributed by atoms with Gasteiger partial charge < -0.3 is 9.47 Å². The van der Waals surface area contributed by atoms with Crippen molar-refractivity contribution in [3.63, 3.8) is 0 Å². The van der Waals surface area contributed by atoms with Gasteiger partial charge in [-0.3, -0.25) is 0 Å². The van der Waals surface area contributed by atoms with Gasteiger partial charge in [-0.1, -0.05) is 45.9 Å². The van der Waals surface area contributed by atoms with E-state index in [1.54, 1.807) is 21.6 Å². The first-order valence-corrected chi connectivity index (χ1v) is 9.94. The topological polar surface area (TPSA) is 43.2 Å². The third kappa shape index (κ3) is 3.30. The van der Waals surface area contributed by atoms with E-state index < -0.39 is 0 Å². The lowest BCUT2D eigenvalue weighted by molar-refractivity contribution is 0.347. The molecule has 2 aliphatic rings. The zero-order valence-electron chi connectivity index (χ0n) is 13.0. The first kappa shape index (κ1) is 15.6. The molecule has 4 nitrogen and oxygen atoms in total. The van der Waals surface area contributed by atoms with Gasteiger partial charge in [-0.25, -0.2) is 9.98 Å². The van der Waals surface area contributed by atoms with Crippen LogP contribution >= 0.6 is 21.6 Å². The van der Waals surface area contributed by atoms with Crippen molar-refractivity contribution >= 4 is 33.4 Å². The fourth-order valence-corrected chi connectivity index (χ4v) is 4.87. The van der Waals surface area contributed by atoms with E-state index in [0.717, 1.165) is 45.8 Å². The third-order valence-corrected chi connectivity index (χ3v) is 6.11. The van der Waals surface area contributed by atoms with E-state index in [0.29, 0.717) is 13.2 Å². The molecule has 0 atom stereocenters. The minimum atomic E-state index is 0.668. The Morgan fingerprint density at radius 3 is 1.54 bits per heavy atom. The summed E-state index contributed by atoms with van der Waals surface area (Å²) < 4.78 is 11.3. The van der Waals surface area contributed by atoms with Crippen LogP contribution in [0.5, 0.6) is 0 Å². The number of ether oxygens (including phenoxy) is 2. The van der Waals surface area contributed by atoms with Crippen LogP contribution < -0.4 is 0 Å². The van der Waals surface area contributed by atoms with Crippen LogP contribution in [0, 0.1) is 0 Å². The monoisotopic (exact) mass is 356 g/mol. The predicted octanol–water partition coefficient (Wildman–Crippen LogP) is 4.04. The number of aliphatic imine (C=N–C) groups is 2. The highest BCUT2D eigenvalue weighted by molar-refractivity contribution is 8.76. The molecule has 0 saturated carbocycles. The lowest BCUT2D eigenvalue weighted by atomic mass is 10.2. The fourth-order valence-electron chi connectivity index (χ4n) is 2.52. The van der Waals surface area contributed by atoms with Crippen molar-refractivity contribution in [3.8, 4) is 0 Å². The van der Waals surface area contributed by atoms with E-state index in [1.807, 2.05) is 24.3 Å². The minimum absolute atomic E-state index is 0.668. The maximum atomic E-state index is 5.63. The molecule has 0 saturated heterocycles. The average Bonchev–Trinajstić information content (AvgIpc) is 3.34. The van der Waals surface area contributed by atoms with Crippen LogP contribution in [-0.4, -0.2) is 38.1 Å². The Morgan fingerprint density at radius 2 is 1.12 bits per heavy atom. The molecule has 2 aliphatic heterocycles. The quantitative estimate of drug-likeness (QED) is 0.759. The molecular formula is C18H16N2O2S2. The largest absolute Gasteiger partial charge is 0.475 e. The summed E-state index contributed by atoms with van der Waals surface area (Å²) >= 11 is 0. The van der Waals surface area contributed by atoms with Gasteiger partial charge in [-0.2, -0.15) is 0 Å². The molecule has 0 aromatic heterocycles. The first-order chi connectivity index (χ1) is 11.9. The van der Waals surface area contributed by atoms with Gasteiger partial charge in [0, 0.05) is 9.79 Å². The highest BCUT2D eigenvalue weighted by Crippen LogP contribution is 2.41. The Morgan fingerprint density at radius 1 is 0.667 bits per heavy atom. The van der Waals surface area contributed by atoms with Crippen molar-refractivity contribution in [1.29, 1.82) is 0 Å². The highest BCUT2D eigenvalue weighted by atomic mass is 33.1. The van der Waals surface area contributed by atoms with Crippen LogP contribution in [0.4, 0.5) is 0 Å². The fraction of sp³-hybridized carbons (Fsp3) is 0.222. The predicted molar refractivity (Wildman–Crippen MR) is 99.3 cm³/mol. The Labute approximate surface area is 148 Å². The van der Waals surface area contributed by atoms with Gasteiger partial charge in [0.25, 0.3) is 0 Å². The second-order valence-electron chi connectivity index (χ2n) is 5.23. The summed E-state index contributed by atoms with van der Waals surface area (Å²) in [7, 11) is 3.41. The molecular weight excluding hydrogens is 340 g/mol. The van der Waals surface area contributed by atoms with Crippen LogP contribution in [0.15, 0.2) is 68.3 Å². The Kier molecular flexibility index (Phi) is 4.76. The van der Waals surface area contributed by atoms with E-state index in [4.69, 9.17) is 9.47 Å². The van der Waals surface area contributed by atoms with Crippen molar-refractivity contribution in [2.75, 3.05) is 26.3 Å². The molecule has 0 amide bonds. The molecule has 0 aliphatic carbocycles. The molecule has 2 heterocycles. The molecule has 122 valence electrons. The average molecular weight is 356 g/mol. The second kappa shape index (κ2) is 7.32. The molecule has 0 N–H and O–H groups in total. The van der Waals surface area contributed by atoms with Crippen LogP contribution in [0.25, 0.3) is 0 Å². The molecule has 24 heavy (non-hydrogen) atoms. The van der Waals surface area contributed by atoms with Gasteiger partial charge in [0.1, 0.15) is 13.2 Å². The number of hydrogen-bond acceptors (Lipinski definition) is 6. The standard InChI is InChI=1S/C18H16N2O2S2/c1-3-7-15(13(5-1)17-19-9-11-21-17)23-24-16-8-4-2-6-14(16)18-20-10-12-22-18/h1-8H,9-12H2. The molecule has 0 radical (unpaired) electrons. The molecule has 0 spiro atoms. The number of nitrogens with zero attached hydrogens (tertiary/aromatic N) is 2. The van der Waals surface area contributed by atoms with Crippen LogP contribution in [0.2, 0.25) is 0 Å². The third-order valence-electron chi connectivity index (χ3n) is 3.63. The molecule has 0 fully saturated rings. The van der Waals surface area contributed by atoms with Crippen molar-refractivity contribution in [2.45, 2.75) is 9.79 Å². The summed E-state index contributed by atoms with van der Waals surface area (Å²) in [6.07, 6.45) is 0. The van der Waals surface area contributed by atoms with E-state index in [9.17, 15) is 0 Å². The van der Waals surface area contributed by atoms with E-state index in [2.05, 4.69) is 34.3 Å². The summed E-state index contributed by atoms with van der Waals surface area (Å²) in [4.78, 5) is 11.2. The number of benzene rings is 2. The molecule has 0 bridgehead atoms. The maximum absolute atomic E-state index is 5.63. The molecule has 4 rings (SSSR count). The van der Waals surface area contributed by atoms with Gasteiger partial charge in [-0.05, 0) is 24.3 Å². The smallest absolute Gasteiger partial charge is 0.217 e. The minimum Gasteiger partial charge on any atom is -0.475 e. The van der Waals surface area contributed by atoms with Gasteiger partial charge in [0.2, 0.25) is 11.8 Å².